The molecular weight excluding hydrogens is 376 g/mol. The summed E-state index contributed by atoms with van der Waals surface area (Å²) < 4.78 is 8.45. The molecule has 5 rings (SSSR count). The van der Waals surface area contributed by atoms with Crippen LogP contribution in [-0.2, 0) is 6.54 Å². The van der Waals surface area contributed by atoms with E-state index in [-0.39, 0.29) is 0 Å². The molecule has 0 unspecified atom stereocenters. The van der Waals surface area contributed by atoms with Crippen LogP contribution in [0.2, 0.25) is 0 Å². The smallest absolute Gasteiger partial charge is 0.151 e. The van der Waals surface area contributed by atoms with Crippen LogP contribution in [0.5, 0.6) is 5.75 Å². The number of aryl methyl sites for hydroxylation is 1. The van der Waals surface area contributed by atoms with E-state index < -0.39 is 0 Å². The highest BCUT2D eigenvalue weighted by Crippen LogP contribution is 2.29. The molecular formula is C25H22N2OS. The Balaban J connectivity index is 1.27. The molecule has 0 aliphatic rings. The zero-order valence-electron chi connectivity index (χ0n) is 16.1. The molecule has 5 aromatic rings. The van der Waals surface area contributed by atoms with Gasteiger partial charge in [0.05, 0.1) is 22.5 Å². The van der Waals surface area contributed by atoms with Gasteiger partial charge in [-0.05, 0) is 47.9 Å². The fraction of sp³-hybridized carbons (Fsp3) is 0.160. The monoisotopic (exact) mass is 398 g/mol. The predicted molar refractivity (Wildman–Crippen MR) is 122 cm³/mol. The molecule has 144 valence electrons. The lowest BCUT2D eigenvalue weighted by Gasteiger charge is -2.11. The number of para-hydroxylation sites is 2. The molecule has 29 heavy (non-hydrogen) atoms. The van der Waals surface area contributed by atoms with Crippen LogP contribution in [0.25, 0.3) is 32.5 Å². The summed E-state index contributed by atoms with van der Waals surface area (Å²) in [7, 11) is 0. The van der Waals surface area contributed by atoms with Crippen molar-refractivity contribution in [3.63, 3.8) is 0 Å². The first-order chi connectivity index (χ1) is 14.4. The molecule has 0 fully saturated rings. The summed E-state index contributed by atoms with van der Waals surface area (Å²) >= 11 is 1.74. The summed E-state index contributed by atoms with van der Waals surface area (Å²) in [5, 5.41) is 4.50. The van der Waals surface area contributed by atoms with Crippen LogP contribution in [0, 0.1) is 0 Å². The van der Waals surface area contributed by atoms with Crippen molar-refractivity contribution in [3.05, 3.63) is 84.2 Å². The number of hydrogen-bond donors (Lipinski definition) is 0. The zero-order chi connectivity index (χ0) is 19.5. The zero-order valence-corrected chi connectivity index (χ0v) is 16.9. The van der Waals surface area contributed by atoms with Gasteiger partial charge >= 0.3 is 0 Å². The molecule has 0 N–H and O–H groups in total. The Morgan fingerprint density at radius 3 is 2.62 bits per heavy atom. The second-order valence-electron chi connectivity index (χ2n) is 7.09. The normalized spacial score (nSPS) is 11.3. The third-order valence-electron chi connectivity index (χ3n) is 5.18. The summed E-state index contributed by atoms with van der Waals surface area (Å²) in [6.07, 6.45) is 2.04. The Morgan fingerprint density at radius 2 is 1.69 bits per heavy atom. The topological polar surface area (TPSA) is 27.1 Å². The molecule has 3 nitrogen and oxygen atoms in total. The molecule has 4 heteroatoms. The Hall–Kier alpha value is -3.11. The molecule has 0 spiro atoms. The van der Waals surface area contributed by atoms with Gasteiger partial charge in [-0.1, -0.05) is 54.6 Å². The van der Waals surface area contributed by atoms with Crippen LogP contribution in [0.3, 0.4) is 0 Å². The Morgan fingerprint density at radius 1 is 0.828 bits per heavy atom. The maximum Gasteiger partial charge on any atom is 0.151 e. The Kier molecular flexibility index (Phi) is 5.01. The summed E-state index contributed by atoms with van der Waals surface area (Å²) in [6.45, 7) is 1.65. The van der Waals surface area contributed by atoms with Crippen molar-refractivity contribution in [2.24, 2.45) is 0 Å². The molecule has 0 saturated carbocycles. The van der Waals surface area contributed by atoms with Crippen molar-refractivity contribution >= 4 is 33.1 Å². The van der Waals surface area contributed by atoms with Crippen molar-refractivity contribution in [3.8, 4) is 16.5 Å². The lowest BCUT2D eigenvalue weighted by molar-refractivity contribution is 0.307. The van der Waals surface area contributed by atoms with Gasteiger partial charge in [-0.15, -0.1) is 11.3 Å². The van der Waals surface area contributed by atoms with Crippen molar-refractivity contribution in [1.82, 2.24) is 9.55 Å². The van der Waals surface area contributed by atoms with Gasteiger partial charge in [-0.25, -0.2) is 4.98 Å². The standard InChI is InChI=1S/C25H22N2OS/c1-2-11-20-19(9-1)10-7-14-23(20)28-17-6-5-16-27-22-13-4-3-12-21(22)26-25(27)24-15-8-18-29-24/h1-4,7-15,18H,5-6,16-17H2. The van der Waals surface area contributed by atoms with Crippen LogP contribution in [0.1, 0.15) is 12.8 Å². The third kappa shape index (κ3) is 3.64. The Bertz CT molecular complexity index is 1240. The largest absolute Gasteiger partial charge is 0.493 e. The van der Waals surface area contributed by atoms with E-state index in [2.05, 4.69) is 88.8 Å². The third-order valence-corrected chi connectivity index (χ3v) is 6.05. The number of fused-ring (bicyclic) bond motifs is 2. The van der Waals surface area contributed by atoms with E-state index in [0.29, 0.717) is 0 Å². The maximum absolute atomic E-state index is 6.11. The summed E-state index contributed by atoms with van der Waals surface area (Å²) in [5.74, 6) is 2.03. The first-order valence-electron chi connectivity index (χ1n) is 10.00. The Labute approximate surface area is 174 Å². The minimum Gasteiger partial charge on any atom is -0.493 e. The minimum atomic E-state index is 0.717. The molecule has 0 radical (unpaired) electrons. The first-order valence-corrected chi connectivity index (χ1v) is 10.9. The molecule has 0 bridgehead atoms. The number of unbranched alkanes of at least 4 members (excludes halogenated alkanes) is 1. The van der Waals surface area contributed by atoms with Gasteiger partial charge in [0.2, 0.25) is 0 Å². The SMILES string of the molecule is c1csc(-c2nc3ccccc3n2CCCCOc2cccc3ccccc23)c1. The van der Waals surface area contributed by atoms with Gasteiger partial charge in [0.25, 0.3) is 0 Å². The molecule has 0 amide bonds. The molecule has 0 aliphatic heterocycles. The lowest BCUT2D eigenvalue weighted by Crippen LogP contribution is -2.04. The van der Waals surface area contributed by atoms with Gasteiger partial charge in [0.1, 0.15) is 5.75 Å². The average Bonchev–Trinajstić information content (AvgIpc) is 3.42. The maximum atomic E-state index is 6.11. The molecule has 0 aliphatic carbocycles. The van der Waals surface area contributed by atoms with E-state index in [0.717, 1.165) is 43.1 Å². The summed E-state index contributed by atoms with van der Waals surface area (Å²) in [4.78, 5) is 6.09. The number of hydrogen-bond acceptors (Lipinski definition) is 3. The molecule has 0 saturated heterocycles. The summed E-state index contributed by atoms with van der Waals surface area (Å²) in [5.41, 5.74) is 2.26. The van der Waals surface area contributed by atoms with Crippen LogP contribution >= 0.6 is 11.3 Å². The number of nitrogens with zero attached hydrogens (tertiary/aromatic N) is 2. The van der Waals surface area contributed by atoms with Crippen molar-refractivity contribution in [2.75, 3.05) is 6.61 Å². The van der Waals surface area contributed by atoms with Gasteiger partial charge in [0.15, 0.2) is 5.82 Å². The van der Waals surface area contributed by atoms with Crippen LogP contribution in [0.4, 0.5) is 0 Å². The fourth-order valence-electron chi connectivity index (χ4n) is 3.77. The number of aromatic nitrogens is 2. The highest BCUT2D eigenvalue weighted by atomic mass is 32.1. The molecule has 0 atom stereocenters. The van der Waals surface area contributed by atoms with Gasteiger partial charge in [-0.2, -0.15) is 0 Å². The van der Waals surface area contributed by atoms with E-state index in [1.54, 1.807) is 11.3 Å². The number of rotatable bonds is 7. The van der Waals surface area contributed by atoms with E-state index in [9.17, 15) is 0 Å². The van der Waals surface area contributed by atoms with E-state index in [1.165, 1.54) is 21.2 Å². The molecule has 2 heterocycles. The van der Waals surface area contributed by atoms with Crippen LogP contribution in [-0.4, -0.2) is 16.2 Å². The molecule has 3 aromatic carbocycles. The number of ether oxygens (including phenoxy) is 1. The number of benzene rings is 3. The number of imidazole rings is 1. The molecule has 2 aromatic heterocycles. The first kappa shape index (κ1) is 18.0. The van der Waals surface area contributed by atoms with Crippen LogP contribution < -0.4 is 4.74 Å². The van der Waals surface area contributed by atoms with Gasteiger partial charge in [-0.3, -0.25) is 0 Å². The van der Waals surface area contributed by atoms with Gasteiger partial charge in [0, 0.05) is 11.9 Å². The highest BCUT2D eigenvalue weighted by molar-refractivity contribution is 7.13. The minimum absolute atomic E-state index is 0.717. The van der Waals surface area contributed by atoms with E-state index >= 15 is 0 Å². The second kappa shape index (κ2) is 8.10. The fourth-order valence-corrected chi connectivity index (χ4v) is 4.49. The van der Waals surface area contributed by atoms with Gasteiger partial charge < -0.3 is 9.30 Å². The van der Waals surface area contributed by atoms with Crippen molar-refractivity contribution in [2.45, 2.75) is 19.4 Å². The highest BCUT2D eigenvalue weighted by Gasteiger charge is 2.12. The quantitative estimate of drug-likeness (QED) is 0.283. The predicted octanol–water partition coefficient (Wildman–Crippen LogP) is 6.78. The summed E-state index contributed by atoms with van der Waals surface area (Å²) in [6, 6.07) is 27.2. The van der Waals surface area contributed by atoms with E-state index in [4.69, 9.17) is 9.72 Å². The number of thiophene rings is 1. The van der Waals surface area contributed by atoms with Crippen molar-refractivity contribution in [1.29, 1.82) is 0 Å². The second-order valence-corrected chi connectivity index (χ2v) is 8.03. The lowest BCUT2D eigenvalue weighted by atomic mass is 10.1. The van der Waals surface area contributed by atoms with Crippen molar-refractivity contribution < 1.29 is 4.74 Å². The van der Waals surface area contributed by atoms with Crippen LogP contribution in [0.15, 0.2) is 84.2 Å². The average molecular weight is 399 g/mol. The van der Waals surface area contributed by atoms with E-state index in [1.807, 2.05) is 0 Å².